The Balaban J connectivity index is 2.51. The van der Waals surface area contributed by atoms with Crippen molar-refractivity contribution >= 4 is 17.3 Å². The van der Waals surface area contributed by atoms with Crippen molar-refractivity contribution in [2.75, 3.05) is 26.2 Å². The minimum atomic E-state index is -0.420. The fourth-order valence-corrected chi connectivity index (χ4v) is 2.71. The van der Waals surface area contributed by atoms with Gasteiger partial charge in [-0.2, -0.15) is 0 Å². The molecule has 0 spiro atoms. The minimum Gasteiger partial charge on any atom is -0.330 e. The van der Waals surface area contributed by atoms with Gasteiger partial charge >= 0.3 is 0 Å². The predicted octanol–water partition coefficient (Wildman–Crippen LogP) is 3.63. The van der Waals surface area contributed by atoms with E-state index in [2.05, 4.69) is 11.8 Å². The maximum absolute atomic E-state index is 10.7. The molecule has 6 heteroatoms. The van der Waals surface area contributed by atoms with E-state index in [1.807, 2.05) is 0 Å². The molecule has 5 nitrogen and oxygen atoms in total. The first-order valence-corrected chi connectivity index (χ1v) is 8.31. The Hall–Kier alpha value is -1.17. The molecule has 124 valence electrons. The molecule has 2 N–H and O–H groups in total. The van der Waals surface area contributed by atoms with Crippen LogP contribution in [0.25, 0.3) is 0 Å². The molecule has 0 aromatic heterocycles. The average molecular weight is 328 g/mol. The van der Waals surface area contributed by atoms with E-state index in [0.717, 1.165) is 63.8 Å². The zero-order valence-electron chi connectivity index (χ0n) is 13.3. The molecule has 0 heterocycles. The maximum Gasteiger partial charge on any atom is 0.270 e. The largest absolute Gasteiger partial charge is 0.330 e. The molecule has 1 aromatic carbocycles. The Kier molecular flexibility index (Phi) is 9.04. The van der Waals surface area contributed by atoms with Gasteiger partial charge < -0.3 is 10.6 Å². The van der Waals surface area contributed by atoms with Crippen molar-refractivity contribution in [2.24, 2.45) is 5.73 Å². The molecule has 0 bridgehead atoms. The lowest BCUT2D eigenvalue weighted by molar-refractivity contribution is -0.384. The average Bonchev–Trinajstić information content (AvgIpc) is 2.49. The van der Waals surface area contributed by atoms with E-state index < -0.39 is 4.92 Å². The number of nitro groups is 1. The van der Waals surface area contributed by atoms with Gasteiger partial charge in [-0.1, -0.05) is 31.0 Å². The van der Waals surface area contributed by atoms with Gasteiger partial charge in [0.2, 0.25) is 0 Å². The molecule has 0 radical (unpaired) electrons. The topological polar surface area (TPSA) is 72.4 Å². The van der Waals surface area contributed by atoms with Crippen molar-refractivity contribution < 1.29 is 4.92 Å². The number of halogens is 1. The highest BCUT2D eigenvalue weighted by atomic mass is 35.5. The van der Waals surface area contributed by atoms with Gasteiger partial charge in [-0.15, -0.1) is 0 Å². The van der Waals surface area contributed by atoms with E-state index in [1.54, 1.807) is 6.07 Å². The summed E-state index contributed by atoms with van der Waals surface area (Å²) >= 11 is 6.14. The van der Waals surface area contributed by atoms with Gasteiger partial charge in [-0.25, -0.2) is 0 Å². The fourth-order valence-electron chi connectivity index (χ4n) is 2.44. The second-order valence-electron chi connectivity index (χ2n) is 5.47. The Morgan fingerprint density at radius 2 is 2.00 bits per heavy atom. The zero-order valence-corrected chi connectivity index (χ0v) is 14.0. The summed E-state index contributed by atoms with van der Waals surface area (Å²) in [6, 6.07) is 4.72. The number of benzene rings is 1. The SMILES string of the molecule is CCCN(CCCCCN)CCc1ccc([N+](=O)[O-])cc1Cl. The van der Waals surface area contributed by atoms with Crippen molar-refractivity contribution in [2.45, 2.75) is 39.0 Å². The van der Waals surface area contributed by atoms with Gasteiger partial charge in [0.05, 0.1) is 9.95 Å². The van der Waals surface area contributed by atoms with Gasteiger partial charge in [0.1, 0.15) is 0 Å². The number of hydrogen-bond donors (Lipinski definition) is 1. The van der Waals surface area contributed by atoms with Gasteiger partial charge in [-0.3, -0.25) is 10.1 Å². The number of nitro benzene ring substituents is 1. The quantitative estimate of drug-likeness (QED) is 0.382. The number of hydrogen-bond acceptors (Lipinski definition) is 4. The van der Waals surface area contributed by atoms with E-state index in [-0.39, 0.29) is 5.69 Å². The van der Waals surface area contributed by atoms with Crippen LogP contribution in [0, 0.1) is 10.1 Å². The predicted molar refractivity (Wildman–Crippen MR) is 91.4 cm³/mol. The van der Waals surface area contributed by atoms with Crippen LogP contribution >= 0.6 is 11.6 Å². The van der Waals surface area contributed by atoms with Gasteiger partial charge in [0, 0.05) is 18.7 Å². The molecule has 0 saturated heterocycles. The molecule has 0 aliphatic heterocycles. The molecule has 22 heavy (non-hydrogen) atoms. The Morgan fingerprint density at radius 1 is 1.23 bits per heavy atom. The number of nitrogens with zero attached hydrogens (tertiary/aromatic N) is 2. The first-order chi connectivity index (χ1) is 10.6. The van der Waals surface area contributed by atoms with E-state index >= 15 is 0 Å². The van der Waals surface area contributed by atoms with Gasteiger partial charge in [0.25, 0.3) is 5.69 Å². The normalized spacial score (nSPS) is 11.1. The molecule has 0 fully saturated rings. The van der Waals surface area contributed by atoms with Crippen LogP contribution in [0.1, 0.15) is 38.2 Å². The first-order valence-electron chi connectivity index (χ1n) is 7.93. The smallest absolute Gasteiger partial charge is 0.270 e. The summed E-state index contributed by atoms with van der Waals surface area (Å²) in [5.41, 5.74) is 6.52. The highest BCUT2D eigenvalue weighted by Crippen LogP contribution is 2.23. The van der Waals surface area contributed by atoms with E-state index in [0.29, 0.717) is 5.02 Å². The molecule has 0 aliphatic carbocycles. The second-order valence-corrected chi connectivity index (χ2v) is 5.88. The van der Waals surface area contributed by atoms with Crippen LogP contribution < -0.4 is 5.73 Å². The van der Waals surface area contributed by atoms with Crippen LogP contribution in [0.4, 0.5) is 5.69 Å². The maximum atomic E-state index is 10.7. The lowest BCUT2D eigenvalue weighted by atomic mass is 10.1. The number of non-ortho nitro benzene ring substituents is 1. The van der Waals surface area contributed by atoms with Crippen molar-refractivity contribution in [3.05, 3.63) is 38.9 Å². The third-order valence-electron chi connectivity index (χ3n) is 3.66. The third kappa shape index (κ3) is 6.73. The second kappa shape index (κ2) is 10.5. The standard InChI is InChI=1S/C16H26ClN3O2/c1-2-10-19(11-5-3-4-9-18)12-8-14-6-7-15(20(21)22)13-16(14)17/h6-7,13H,2-5,8-12,18H2,1H3. The van der Waals surface area contributed by atoms with Crippen molar-refractivity contribution in [1.82, 2.24) is 4.90 Å². The summed E-state index contributed by atoms with van der Waals surface area (Å²) in [4.78, 5) is 12.7. The van der Waals surface area contributed by atoms with Crippen LogP contribution in [0.5, 0.6) is 0 Å². The summed E-state index contributed by atoms with van der Waals surface area (Å²) in [5, 5.41) is 11.2. The van der Waals surface area contributed by atoms with E-state index in [9.17, 15) is 10.1 Å². The van der Waals surface area contributed by atoms with Crippen molar-refractivity contribution in [3.63, 3.8) is 0 Å². The van der Waals surface area contributed by atoms with Crippen LogP contribution in [-0.4, -0.2) is 36.0 Å². The summed E-state index contributed by atoms with van der Waals surface area (Å²) in [5.74, 6) is 0. The van der Waals surface area contributed by atoms with Crippen LogP contribution in [-0.2, 0) is 6.42 Å². The molecule has 1 aromatic rings. The minimum absolute atomic E-state index is 0.0425. The van der Waals surface area contributed by atoms with Gasteiger partial charge in [0.15, 0.2) is 0 Å². The van der Waals surface area contributed by atoms with Gasteiger partial charge in [-0.05, 0) is 50.9 Å². The van der Waals surface area contributed by atoms with Crippen LogP contribution in [0.3, 0.4) is 0 Å². The third-order valence-corrected chi connectivity index (χ3v) is 4.01. The number of unbranched alkanes of at least 4 members (excludes halogenated alkanes) is 2. The lowest BCUT2D eigenvalue weighted by Gasteiger charge is -2.21. The summed E-state index contributed by atoms with van der Waals surface area (Å²) in [6.45, 7) is 5.98. The van der Waals surface area contributed by atoms with Crippen LogP contribution in [0.15, 0.2) is 18.2 Å². The van der Waals surface area contributed by atoms with E-state index in [4.69, 9.17) is 17.3 Å². The molecule has 1 rings (SSSR count). The molecule has 0 atom stereocenters. The Morgan fingerprint density at radius 3 is 2.59 bits per heavy atom. The van der Waals surface area contributed by atoms with Crippen molar-refractivity contribution in [3.8, 4) is 0 Å². The monoisotopic (exact) mass is 327 g/mol. The first kappa shape index (κ1) is 18.9. The Labute approximate surface area is 137 Å². The van der Waals surface area contributed by atoms with Crippen LogP contribution in [0.2, 0.25) is 5.02 Å². The summed E-state index contributed by atoms with van der Waals surface area (Å²) in [6.07, 6.45) is 5.33. The summed E-state index contributed by atoms with van der Waals surface area (Å²) in [7, 11) is 0. The molecular weight excluding hydrogens is 302 g/mol. The molecule has 0 saturated carbocycles. The van der Waals surface area contributed by atoms with Crippen molar-refractivity contribution in [1.29, 1.82) is 0 Å². The van der Waals surface area contributed by atoms with E-state index in [1.165, 1.54) is 12.1 Å². The number of rotatable bonds is 11. The molecular formula is C16H26ClN3O2. The Bertz CT molecular complexity index is 469. The lowest BCUT2D eigenvalue weighted by Crippen LogP contribution is -2.28. The molecule has 0 aliphatic rings. The highest BCUT2D eigenvalue weighted by molar-refractivity contribution is 6.31. The zero-order chi connectivity index (χ0) is 16.4. The molecule has 0 unspecified atom stereocenters. The fraction of sp³-hybridized carbons (Fsp3) is 0.625. The highest BCUT2D eigenvalue weighted by Gasteiger charge is 2.11. The molecule has 0 amide bonds. The number of nitrogens with two attached hydrogens (primary N) is 1. The summed E-state index contributed by atoms with van der Waals surface area (Å²) < 4.78 is 0.